The van der Waals surface area contributed by atoms with E-state index in [2.05, 4.69) is 9.88 Å². The van der Waals surface area contributed by atoms with E-state index in [-0.39, 0.29) is 12.0 Å². The van der Waals surface area contributed by atoms with Gasteiger partial charge in [0.25, 0.3) is 0 Å². The van der Waals surface area contributed by atoms with Crippen LogP contribution in [0.1, 0.15) is 54.9 Å². The lowest BCUT2D eigenvalue weighted by Gasteiger charge is -2.58. The van der Waals surface area contributed by atoms with E-state index < -0.39 is 12.0 Å². The number of hydrogen-bond acceptors (Lipinski definition) is 7. The van der Waals surface area contributed by atoms with Crippen molar-refractivity contribution in [2.75, 3.05) is 13.2 Å². The monoisotopic (exact) mass is 443 g/mol. The number of nitrogens with zero attached hydrogens (tertiary/aromatic N) is 2. The molecule has 3 fully saturated rings. The maximum absolute atomic E-state index is 11.4. The zero-order valence-corrected chi connectivity index (χ0v) is 18.4. The largest absolute Gasteiger partial charge is 0.490 e. The molecule has 2 saturated heterocycles. The highest BCUT2D eigenvalue weighted by molar-refractivity contribution is 7.19. The second-order valence-corrected chi connectivity index (χ2v) is 10.6. The summed E-state index contributed by atoms with van der Waals surface area (Å²) >= 11 is 1.72. The topological polar surface area (TPSA) is 97.9 Å². The molecule has 2 aromatic heterocycles. The molecule has 4 aliphatic rings. The van der Waals surface area contributed by atoms with Gasteiger partial charge in [0.2, 0.25) is 5.91 Å². The number of carbonyl (C=O) groups is 1. The normalized spacial score (nSPS) is 33.3. The van der Waals surface area contributed by atoms with Crippen LogP contribution in [0.15, 0.2) is 12.3 Å². The van der Waals surface area contributed by atoms with E-state index in [4.69, 9.17) is 15.2 Å². The van der Waals surface area contributed by atoms with Gasteiger partial charge in [-0.3, -0.25) is 9.69 Å². The number of fused-ring (bicyclic) bond motifs is 4. The number of pyridine rings is 1. The van der Waals surface area contributed by atoms with Crippen LogP contribution in [0.2, 0.25) is 0 Å². The summed E-state index contributed by atoms with van der Waals surface area (Å²) in [7, 11) is 0. The maximum atomic E-state index is 11.4. The van der Waals surface area contributed by atoms with Gasteiger partial charge in [0, 0.05) is 23.7 Å². The summed E-state index contributed by atoms with van der Waals surface area (Å²) in [6.45, 7) is 2.01. The Kier molecular flexibility index (Phi) is 4.94. The third-order valence-corrected chi connectivity index (χ3v) is 8.94. The summed E-state index contributed by atoms with van der Waals surface area (Å²) in [4.78, 5) is 20.9. The van der Waals surface area contributed by atoms with Crippen LogP contribution in [-0.2, 0) is 16.0 Å². The number of carbonyl (C=O) groups excluding carboxylic acids is 1. The highest BCUT2D eigenvalue weighted by Gasteiger charge is 2.50. The molecule has 31 heavy (non-hydrogen) atoms. The van der Waals surface area contributed by atoms with Crippen LogP contribution in [0.5, 0.6) is 5.75 Å². The number of morpholine rings is 1. The molecule has 8 heteroatoms. The number of aliphatic hydroxyl groups excluding tert-OH is 1. The van der Waals surface area contributed by atoms with E-state index in [0.29, 0.717) is 24.6 Å². The minimum atomic E-state index is -1.11. The van der Waals surface area contributed by atoms with E-state index in [9.17, 15) is 9.90 Å². The molecule has 7 nitrogen and oxygen atoms in total. The number of aryl methyl sites for hydroxylation is 1. The Hall–Kier alpha value is -1.74. The minimum absolute atomic E-state index is 0.123. The zero-order valence-electron chi connectivity index (χ0n) is 17.5. The molecule has 166 valence electrons. The molecular formula is C23H29N3O4S. The van der Waals surface area contributed by atoms with E-state index in [1.54, 1.807) is 11.3 Å². The second-order valence-electron chi connectivity index (χ2n) is 9.50. The minimum Gasteiger partial charge on any atom is -0.490 e. The first-order valence-electron chi connectivity index (χ1n) is 11.5. The standard InChI is InChI=1S/C23H29N3O4S/c24-22(28)16(27)9-12-1-6-19-20(12)21-17(7-8-25-23(21)31-19)30-14-4-2-13(3-5-14)26-10-18-15(26)11-29-18/h7-8,12-16,18,27H,1-6,9-11H2,(H2,24,28)/t12-,13-,14-,15?,16+,18?/m1/s1. The third-order valence-electron chi connectivity index (χ3n) is 7.77. The fourth-order valence-corrected chi connectivity index (χ4v) is 7.21. The molecule has 1 saturated carbocycles. The number of ether oxygens (including phenoxy) is 2. The van der Waals surface area contributed by atoms with Crippen LogP contribution >= 0.6 is 11.3 Å². The van der Waals surface area contributed by atoms with Crippen molar-refractivity contribution >= 4 is 27.5 Å². The quantitative estimate of drug-likeness (QED) is 0.711. The van der Waals surface area contributed by atoms with Gasteiger partial charge < -0.3 is 20.3 Å². The lowest BCUT2D eigenvalue weighted by Crippen LogP contribution is -2.73. The van der Waals surface area contributed by atoms with Crippen molar-refractivity contribution in [3.8, 4) is 5.75 Å². The number of rotatable bonds is 6. The highest BCUT2D eigenvalue weighted by Crippen LogP contribution is 2.48. The van der Waals surface area contributed by atoms with Gasteiger partial charge in [0.15, 0.2) is 0 Å². The number of amides is 1. The van der Waals surface area contributed by atoms with Crippen molar-refractivity contribution in [3.05, 3.63) is 22.7 Å². The van der Waals surface area contributed by atoms with Gasteiger partial charge in [-0.05, 0) is 62.5 Å². The predicted molar refractivity (Wildman–Crippen MR) is 117 cm³/mol. The van der Waals surface area contributed by atoms with Gasteiger partial charge in [-0.2, -0.15) is 0 Å². The molecule has 6 rings (SSSR count). The molecule has 0 bridgehead atoms. The van der Waals surface area contributed by atoms with E-state index in [1.165, 1.54) is 23.3 Å². The predicted octanol–water partition coefficient (Wildman–Crippen LogP) is 2.34. The maximum Gasteiger partial charge on any atom is 0.246 e. The molecule has 0 aromatic carbocycles. The average Bonchev–Trinajstić information content (AvgIpc) is 3.31. The Balaban J connectivity index is 1.18. The molecule has 1 amide bonds. The average molecular weight is 444 g/mol. The lowest BCUT2D eigenvalue weighted by atomic mass is 9.85. The number of likely N-dealkylation sites (tertiary alicyclic amines) is 1. The molecule has 2 unspecified atom stereocenters. The Labute approximate surface area is 185 Å². The van der Waals surface area contributed by atoms with Gasteiger partial charge in [-0.25, -0.2) is 4.98 Å². The molecule has 4 heterocycles. The number of hydrogen-bond donors (Lipinski definition) is 2. The molecule has 0 spiro atoms. The van der Waals surface area contributed by atoms with Gasteiger partial charge in [-0.1, -0.05) is 0 Å². The van der Waals surface area contributed by atoms with Crippen molar-refractivity contribution < 1.29 is 19.4 Å². The Morgan fingerprint density at radius 1 is 1.35 bits per heavy atom. The third kappa shape index (κ3) is 3.35. The van der Waals surface area contributed by atoms with Crippen molar-refractivity contribution in [1.82, 2.24) is 9.88 Å². The lowest BCUT2D eigenvalue weighted by molar-refractivity contribution is -0.230. The van der Waals surface area contributed by atoms with Crippen LogP contribution in [0.4, 0.5) is 0 Å². The number of primary amides is 1. The first-order chi connectivity index (χ1) is 15.1. The number of aromatic nitrogens is 1. The molecule has 3 N–H and O–H groups in total. The van der Waals surface area contributed by atoms with Crippen LogP contribution in [0, 0.1) is 0 Å². The van der Waals surface area contributed by atoms with E-state index in [0.717, 1.165) is 54.8 Å². The molecule has 2 aliphatic carbocycles. The number of thiophene rings is 1. The van der Waals surface area contributed by atoms with Gasteiger partial charge in [-0.15, -0.1) is 11.3 Å². The summed E-state index contributed by atoms with van der Waals surface area (Å²) in [6, 6.07) is 3.32. The molecule has 4 atom stereocenters. The Morgan fingerprint density at radius 2 is 2.19 bits per heavy atom. The summed E-state index contributed by atoms with van der Waals surface area (Å²) in [6.07, 6.45) is 8.21. The van der Waals surface area contributed by atoms with Crippen LogP contribution in [0.3, 0.4) is 0 Å². The Morgan fingerprint density at radius 3 is 2.87 bits per heavy atom. The summed E-state index contributed by atoms with van der Waals surface area (Å²) in [5.74, 6) is 0.377. The van der Waals surface area contributed by atoms with Crippen molar-refractivity contribution in [2.45, 2.75) is 81.3 Å². The summed E-state index contributed by atoms with van der Waals surface area (Å²) in [5.41, 5.74) is 6.52. The highest BCUT2D eigenvalue weighted by atomic mass is 32.1. The van der Waals surface area contributed by atoms with E-state index in [1.807, 2.05) is 12.3 Å². The van der Waals surface area contributed by atoms with Gasteiger partial charge in [0.1, 0.15) is 16.7 Å². The number of nitrogens with two attached hydrogens (primary N) is 1. The first-order valence-corrected chi connectivity index (χ1v) is 12.3. The summed E-state index contributed by atoms with van der Waals surface area (Å²) < 4.78 is 12.1. The summed E-state index contributed by atoms with van der Waals surface area (Å²) in [5, 5.41) is 11.1. The zero-order chi connectivity index (χ0) is 21.1. The Bertz CT molecular complexity index is 1000. The number of aliphatic hydroxyl groups is 1. The molecule has 0 radical (unpaired) electrons. The fraction of sp³-hybridized carbons (Fsp3) is 0.652. The van der Waals surface area contributed by atoms with Crippen molar-refractivity contribution in [2.24, 2.45) is 5.73 Å². The van der Waals surface area contributed by atoms with Crippen LogP contribution in [0.25, 0.3) is 10.2 Å². The molecular weight excluding hydrogens is 414 g/mol. The fourth-order valence-electron chi connectivity index (χ4n) is 5.95. The van der Waals surface area contributed by atoms with Gasteiger partial charge in [0.05, 0.1) is 30.2 Å². The van der Waals surface area contributed by atoms with Crippen LogP contribution in [-0.4, -0.2) is 64.4 Å². The van der Waals surface area contributed by atoms with Crippen molar-refractivity contribution in [1.29, 1.82) is 0 Å². The second kappa shape index (κ2) is 7.69. The SMILES string of the molecule is NC(=O)[C@@H](O)C[C@H]1CCc2sc3nccc(O[C@H]4CC[C@H](N5CC6OCC65)CC4)c3c21. The smallest absolute Gasteiger partial charge is 0.246 e. The molecule has 2 aliphatic heterocycles. The van der Waals surface area contributed by atoms with Crippen LogP contribution < -0.4 is 10.5 Å². The molecule has 2 aromatic rings. The van der Waals surface area contributed by atoms with Crippen molar-refractivity contribution in [3.63, 3.8) is 0 Å². The van der Waals surface area contributed by atoms with Gasteiger partial charge >= 0.3 is 0 Å². The van der Waals surface area contributed by atoms with E-state index >= 15 is 0 Å². The first kappa shape index (κ1) is 19.9.